The molecule has 8 heteroatoms. The Labute approximate surface area is 108 Å². The first-order valence-corrected chi connectivity index (χ1v) is 6.16. The van der Waals surface area contributed by atoms with E-state index in [0.29, 0.717) is 32.4 Å². The van der Waals surface area contributed by atoms with Gasteiger partial charge in [-0.15, -0.1) is 5.10 Å². The number of carboxylic acids is 1. The molecule has 104 valence electrons. The maximum Gasteiger partial charge on any atom is 0.342 e. The number of carbonyl (C=O) groups is 1. The second-order valence-corrected chi connectivity index (χ2v) is 4.76. The molecule has 8 nitrogen and oxygen atoms in total. The van der Waals surface area contributed by atoms with Crippen LogP contribution in [0.3, 0.4) is 0 Å². The Balaban J connectivity index is 2.18. The lowest BCUT2D eigenvalue weighted by Crippen LogP contribution is -2.46. The van der Waals surface area contributed by atoms with E-state index in [0.717, 1.165) is 0 Å². The summed E-state index contributed by atoms with van der Waals surface area (Å²) in [6, 6.07) is 0. The first-order valence-electron chi connectivity index (χ1n) is 6.16. The first-order chi connectivity index (χ1) is 8.98. The van der Waals surface area contributed by atoms with E-state index in [2.05, 4.69) is 15.2 Å². The highest BCUT2D eigenvalue weighted by atomic mass is 16.4. The second kappa shape index (κ2) is 4.87. The third-order valence-corrected chi connectivity index (χ3v) is 3.84. The normalized spacial score (nSPS) is 18.3. The number of aromatic amines is 2. The van der Waals surface area contributed by atoms with Gasteiger partial charge in [0.1, 0.15) is 0 Å². The van der Waals surface area contributed by atoms with Crippen molar-refractivity contribution >= 4 is 11.8 Å². The van der Waals surface area contributed by atoms with Gasteiger partial charge >= 0.3 is 11.7 Å². The number of H-pyrrole nitrogens is 2. The standard InChI is InChI=1S/C11H16N4O4/c1-2-11(9(17)18)3-5-15(6-4-11)7-8(16)12-10(19)14-13-7/h2-6H2,1H3,(H,17,18)(H2,12,14,16,19). The number of nitrogens with one attached hydrogen (secondary N) is 2. The minimum Gasteiger partial charge on any atom is -0.481 e. The van der Waals surface area contributed by atoms with Crippen molar-refractivity contribution in [2.24, 2.45) is 5.41 Å². The summed E-state index contributed by atoms with van der Waals surface area (Å²) in [5, 5.41) is 15.2. The summed E-state index contributed by atoms with van der Waals surface area (Å²) >= 11 is 0. The molecule has 0 unspecified atom stereocenters. The number of rotatable bonds is 3. The van der Waals surface area contributed by atoms with Crippen molar-refractivity contribution in [2.45, 2.75) is 26.2 Å². The van der Waals surface area contributed by atoms with Crippen molar-refractivity contribution in [1.29, 1.82) is 0 Å². The van der Waals surface area contributed by atoms with Crippen LogP contribution >= 0.6 is 0 Å². The van der Waals surface area contributed by atoms with Crippen LogP contribution in [0.4, 0.5) is 5.82 Å². The number of hydrogen-bond acceptors (Lipinski definition) is 5. The van der Waals surface area contributed by atoms with Crippen LogP contribution in [0.2, 0.25) is 0 Å². The fourth-order valence-corrected chi connectivity index (χ4v) is 2.42. The number of hydrogen-bond donors (Lipinski definition) is 3. The second-order valence-electron chi connectivity index (χ2n) is 4.76. The summed E-state index contributed by atoms with van der Waals surface area (Å²) in [6.07, 6.45) is 1.48. The quantitative estimate of drug-likeness (QED) is 0.682. The molecule has 0 saturated carbocycles. The molecule has 1 aliphatic heterocycles. The van der Waals surface area contributed by atoms with Crippen LogP contribution in [0, 0.1) is 5.41 Å². The lowest BCUT2D eigenvalue weighted by atomic mass is 9.76. The van der Waals surface area contributed by atoms with E-state index >= 15 is 0 Å². The van der Waals surface area contributed by atoms with Gasteiger partial charge in [-0.2, -0.15) is 0 Å². The van der Waals surface area contributed by atoms with Crippen molar-refractivity contribution in [3.05, 3.63) is 20.8 Å². The number of aromatic nitrogens is 3. The Bertz CT molecular complexity index is 583. The number of nitrogens with zero attached hydrogens (tertiary/aromatic N) is 2. The highest BCUT2D eigenvalue weighted by Crippen LogP contribution is 2.35. The van der Waals surface area contributed by atoms with Gasteiger partial charge in [-0.25, -0.2) is 9.89 Å². The van der Waals surface area contributed by atoms with Gasteiger partial charge in [-0.3, -0.25) is 14.6 Å². The van der Waals surface area contributed by atoms with Gasteiger partial charge in [-0.1, -0.05) is 6.92 Å². The van der Waals surface area contributed by atoms with Gasteiger partial charge < -0.3 is 10.0 Å². The van der Waals surface area contributed by atoms with Crippen molar-refractivity contribution in [3.8, 4) is 0 Å². The van der Waals surface area contributed by atoms with Crippen LogP contribution < -0.4 is 16.1 Å². The maximum atomic E-state index is 11.6. The molecule has 1 aromatic heterocycles. The summed E-state index contributed by atoms with van der Waals surface area (Å²) in [7, 11) is 0. The van der Waals surface area contributed by atoms with Crippen molar-refractivity contribution in [2.75, 3.05) is 18.0 Å². The van der Waals surface area contributed by atoms with Crippen LogP contribution in [0.1, 0.15) is 26.2 Å². The van der Waals surface area contributed by atoms with Crippen LogP contribution in [0.25, 0.3) is 0 Å². The third-order valence-electron chi connectivity index (χ3n) is 3.84. The molecule has 0 spiro atoms. The molecule has 0 bridgehead atoms. The molecule has 0 aromatic carbocycles. The topological polar surface area (TPSA) is 119 Å². The Kier molecular flexibility index (Phi) is 3.41. The minimum atomic E-state index is -0.794. The van der Waals surface area contributed by atoms with Gasteiger partial charge in [0.25, 0.3) is 5.56 Å². The highest BCUT2D eigenvalue weighted by molar-refractivity contribution is 5.75. The zero-order valence-corrected chi connectivity index (χ0v) is 10.6. The zero-order valence-electron chi connectivity index (χ0n) is 10.6. The molecule has 1 saturated heterocycles. The Morgan fingerprint density at radius 3 is 2.53 bits per heavy atom. The van der Waals surface area contributed by atoms with Crippen LogP contribution in [0.5, 0.6) is 0 Å². The average molecular weight is 268 g/mol. The van der Waals surface area contributed by atoms with E-state index in [9.17, 15) is 19.5 Å². The predicted octanol–water partition coefficient (Wildman–Crippen LogP) is -0.461. The van der Waals surface area contributed by atoms with Crippen LogP contribution in [-0.2, 0) is 4.79 Å². The fraction of sp³-hybridized carbons (Fsp3) is 0.636. The molecule has 2 rings (SSSR count). The molecule has 0 radical (unpaired) electrons. The van der Waals surface area contributed by atoms with Crippen molar-refractivity contribution in [1.82, 2.24) is 15.2 Å². The summed E-state index contributed by atoms with van der Waals surface area (Å²) in [5.41, 5.74) is -1.92. The lowest BCUT2D eigenvalue weighted by Gasteiger charge is -2.38. The van der Waals surface area contributed by atoms with E-state index < -0.39 is 22.6 Å². The number of anilines is 1. The van der Waals surface area contributed by atoms with Crippen molar-refractivity contribution < 1.29 is 9.90 Å². The number of aliphatic carboxylic acids is 1. The van der Waals surface area contributed by atoms with Gasteiger partial charge in [0.15, 0.2) is 0 Å². The average Bonchev–Trinajstić information content (AvgIpc) is 2.39. The Morgan fingerprint density at radius 1 is 1.42 bits per heavy atom. The van der Waals surface area contributed by atoms with E-state index in [4.69, 9.17) is 0 Å². The van der Waals surface area contributed by atoms with E-state index in [1.807, 2.05) is 6.92 Å². The Hall–Kier alpha value is -2.12. The molecule has 0 atom stereocenters. The molecular formula is C11H16N4O4. The molecule has 0 amide bonds. The summed E-state index contributed by atoms with van der Waals surface area (Å²) in [5.74, 6) is -0.660. The van der Waals surface area contributed by atoms with Crippen LogP contribution in [0.15, 0.2) is 9.59 Å². The molecule has 1 fully saturated rings. The largest absolute Gasteiger partial charge is 0.481 e. The zero-order chi connectivity index (χ0) is 14.0. The predicted molar refractivity (Wildman–Crippen MR) is 67.3 cm³/mol. The van der Waals surface area contributed by atoms with E-state index in [-0.39, 0.29) is 5.82 Å². The first kappa shape index (κ1) is 13.3. The van der Waals surface area contributed by atoms with Gasteiger partial charge in [0, 0.05) is 13.1 Å². The van der Waals surface area contributed by atoms with E-state index in [1.54, 1.807) is 4.90 Å². The molecule has 2 heterocycles. The smallest absolute Gasteiger partial charge is 0.342 e. The molecule has 0 aliphatic carbocycles. The molecule has 19 heavy (non-hydrogen) atoms. The van der Waals surface area contributed by atoms with Crippen molar-refractivity contribution in [3.63, 3.8) is 0 Å². The number of carboxylic acid groups (broad SMARTS) is 1. The summed E-state index contributed by atoms with van der Waals surface area (Å²) in [4.78, 5) is 37.6. The Morgan fingerprint density at radius 2 is 2.05 bits per heavy atom. The van der Waals surface area contributed by atoms with Crippen LogP contribution in [-0.4, -0.2) is 39.3 Å². The lowest BCUT2D eigenvalue weighted by molar-refractivity contribution is -0.150. The van der Waals surface area contributed by atoms with Gasteiger partial charge in [0.2, 0.25) is 5.82 Å². The number of piperidine rings is 1. The highest BCUT2D eigenvalue weighted by Gasteiger charge is 2.40. The molecule has 1 aromatic rings. The molecule has 3 N–H and O–H groups in total. The SMILES string of the molecule is CCC1(C(=O)O)CCN(c2n[nH]c(=O)[nH]c2=O)CC1. The monoisotopic (exact) mass is 268 g/mol. The summed E-state index contributed by atoms with van der Waals surface area (Å²) in [6.45, 7) is 2.72. The molecular weight excluding hydrogens is 252 g/mol. The molecule has 1 aliphatic rings. The van der Waals surface area contributed by atoms with E-state index in [1.165, 1.54) is 0 Å². The summed E-state index contributed by atoms with van der Waals surface area (Å²) < 4.78 is 0. The maximum absolute atomic E-state index is 11.6. The third kappa shape index (κ3) is 2.38. The van der Waals surface area contributed by atoms with Gasteiger partial charge in [0.05, 0.1) is 5.41 Å². The fourth-order valence-electron chi connectivity index (χ4n) is 2.42. The van der Waals surface area contributed by atoms with Gasteiger partial charge in [-0.05, 0) is 19.3 Å². The minimum absolute atomic E-state index is 0.134.